The Morgan fingerprint density at radius 3 is 2.50 bits per heavy atom. The van der Waals surface area contributed by atoms with Gasteiger partial charge in [0.1, 0.15) is 0 Å². The van der Waals surface area contributed by atoms with E-state index in [9.17, 15) is 18.4 Å². The molecule has 0 heterocycles. The summed E-state index contributed by atoms with van der Waals surface area (Å²) < 4.78 is 34.4. The monoisotopic (exact) mass is 433 g/mol. The molecule has 1 N–H and O–H groups in total. The van der Waals surface area contributed by atoms with Crippen LogP contribution in [0.3, 0.4) is 0 Å². The fourth-order valence-corrected chi connectivity index (χ4v) is 3.89. The molecule has 2 atom stereocenters. The highest BCUT2D eigenvalue weighted by molar-refractivity contribution is 6.33. The van der Waals surface area contributed by atoms with Crippen LogP contribution < -0.4 is 5.32 Å². The molecule has 0 spiro atoms. The first-order valence-corrected chi connectivity index (χ1v) is 9.94. The van der Waals surface area contributed by atoms with Gasteiger partial charge in [-0.15, -0.1) is 0 Å². The van der Waals surface area contributed by atoms with Crippen molar-refractivity contribution in [2.75, 3.05) is 11.9 Å². The summed E-state index contributed by atoms with van der Waals surface area (Å²) in [5.74, 6) is -6.02. The number of alkyl halides is 2. The molecule has 0 unspecified atom stereocenters. The first-order chi connectivity index (χ1) is 14.2. The van der Waals surface area contributed by atoms with Gasteiger partial charge < -0.3 is 10.1 Å². The van der Waals surface area contributed by atoms with E-state index in [1.807, 2.05) is 6.92 Å². The number of nitrogens with one attached hydrogen (secondary N) is 1. The number of allylic oxidation sites excluding steroid dienone is 1. The van der Waals surface area contributed by atoms with Crippen molar-refractivity contribution in [3.05, 3.63) is 76.8 Å². The summed E-state index contributed by atoms with van der Waals surface area (Å²) >= 11 is 6.23. The number of ether oxygens (including phenoxy) is 1. The molecule has 0 aromatic heterocycles. The van der Waals surface area contributed by atoms with Crippen LogP contribution in [-0.4, -0.2) is 30.3 Å². The quantitative estimate of drug-likeness (QED) is 0.617. The van der Waals surface area contributed by atoms with Crippen LogP contribution in [0.25, 0.3) is 0 Å². The van der Waals surface area contributed by atoms with Crippen LogP contribution in [0.4, 0.5) is 14.5 Å². The molecule has 0 fully saturated rings. The number of rotatable bonds is 7. The first-order valence-electron chi connectivity index (χ1n) is 9.56. The lowest BCUT2D eigenvalue weighted by Gasteiger charge is -2.37. The van der Waals surface area contributed by atoms with E-state index in [-0.39, 0.29) is 6.61 Å². The normalized spacial score (nSPS) is 21.0. The Hall–Kier alpha value is -2.73. The van der Waals surface area contributed by atoms with E-state index in [0.717, 1.165) is 5.56 Å². The fourth-order valence-electron chi connectivity index (χ4n) is 3.70. The maximum atomic E-state index is 14.9. The second-order valence-corrected chi connectivity index (χ2v) is 7.67. The number of ketones is 1. The molecule has 0 amide bonds. The highest BCUT2D eigenvalue weighted by atomic mass is 35.5. The van der Waals surface area contributed by atoms with Crippen molar-refractivity contribution in [3.8, 4) is 0 Å². The average molecular weight is 434 g/mol. The molecule has 3 rings (SSSR count). The number of aryl methyl sites for hydroxylation is 1. The van der Waals surface area contributed by atoms with Crippen LogP contribution >= 0.6 is 11.6 Å². The van der Waals surface area contributed by atoms with Crippen molar-refractivity contribution < 1.29 is 23.1 Å². The number of esters is 1. The van der Waals surface area contributed by atoms with Gasteiger partial charge in [-0.3, -0.25) is 4.79 Å². The summed E-state index contributed by atoms with van der Waals surface area (Å²) in [4.78, 5) is 25.0. The Balaban J connectivity index is 2.09. The van der Waals surface area contributed by atoms with Gasteiger partial charge in [-0.25, -0.2) is 4.79 Å². The number of carbonyl (C=O) groups is 2. The zero-order chi connectivity index (χ0) is 21.9. The van der Waals surface area contributed by atoms with Crippen LogP contribution in [0.1, 0.15) is 24.5 Å². The molecule has 0 radical (unpaired) electrons. The molecule has 158 valence electrons. The average Bonchev–Trinajstić information content (AvgIpc) is 3.00. The first kappa shape index (κ1) is 22.0. The highest BCUT2D eigenvalue weighted by Gasteiger charge is 2.57. The van der Waals surface area contributed by atoms with E-state index < -0.39 is 35.6 Å². The van der Waals surface area contributed by atoms with E-state index in [1.54, 1.807) is 48.5 Å². The summed E-state index contributed by atoms with van der Waals surface area (Å²) in [6.07, 6.45) is 1.78. The van der Waals surface area contributed by atoms with Gasteiger partial charge in [0, 0.05) is 6.42 Å². The number of hydrogen-bond acceptors (Lipinski definition) is 4. The minimum absolute atomic E-state index is 0.181. The number of carbonyl (C=O) groups excluding carboxylic acids is 2. The molecule has 2 aromatic rings. The van der Waals surface area contributed by atoms with E-state index >= 15 is 0 Å². The van der Waals surface area contributed by atoms with Gasteiger partial charge in [-0.2, -0.15) is 8.78 Å². The number of hydrogen-bond donors (Lipinski definition) is 1. The summed E-state index contributed by atoms with van der Waals surface area (Å²) in [5.41, 5.74) is 0.0968. The molecule has 1 aliphatic carbocycles. The Morgan fingerprint density at radius 2 is 1.87 bits per heavy atom. The largest absolute Gasteiger partial charge is 0.462 e. The van der Waals surface area contributed by atoms with Crippen molar-refractivity contribution in [1.82, 2.24) is 0 Å². The molecule has 0 saturated carbocycles. The van der Waals surface area contributed by atoms with Gasteiger partial charge in [0.2, 0.25) is 0 Å². The lowest BCUT2D eigenvalue weighted by Crippen LogP contribution is -2.51. The zero-order valence-electron chi connectivity index (χ0n) is 16.6. The Labute approximate surface area is 178 Å². The van der Waals surface area contributed by atoms with Crippen LogP contribution in [0.5, 0.6) is 0 Å². The van der Waals surface area contributed by atoms with Crippen molar-refractivity contribution in [1.29, 1.82) is 0 Å². The number of benzene rings is 2. The van der Waals surface area contributed by atoms with E-state index in [4.69, 9.17) is 11.6 Å². The van der Waals surface area contributed by atoms with Crippen molar-refractivity contribution in [2.24, 2.45) is 0 Å². The Morgan fingerprint density at radius 1 is 1.20 bits per heavy atom. The molecular formula is C23H22ClF2NO3. The molecule has 30 heavy (non-hydrogen) atoms. The molecule has 1 aliphatic rings. The van der Waals surface area contributed by atoms with Crippen LogP contribution in [0, 0.1) is 6.92 Å². The van der Waals surface area contributed by atoms with Gasteiger partial charge >= 0.3 is 11.9 Å². The smallest absolute Gasteiger partial charge is 0.377 e. The second-order valence-electron chi connectivity index (χ2n) is 7.26. The van der Waals surface area contributed by atoms with Gasteiger partial charge in [0.15, 0.2) is 5.78 Å². The van der Waals surface area contributed by atoms with Crippen LogP contribution in [0.2, 0.25) is 5.02 Å². The number of halogens is 3. The summed E-state index contributed by atoms with van der Waals surface area (Å²) in [7, 11) is 0. The van der Waals surface area contributed by atoms with E-state index in [0.29, 0.717) is 16.3 Å². The third kappa shape index (κ3) is 4.10. The molecule has 0 bridgehead atoms. The topological polar surface area (TPSA) is 55.4 Å². The maximum Gasteiger partial charge on any atom is 0.377 e. The second kappa shape index (κ2) is 8.56. The molecular weight excluding hydrogens is 412 g/mol. The van der Waals surface area contributed by atoms with E-state index in [1.165, 1.54) is 19.1 Å². The van der Waals surface area contributed by atoms with Crippen molar-refractivity contribution in [2.45, 2.75) is 37.6 Å². The third-order valence-corrected chi connectivity index (χ3v) is 5.57. The molecule has 4 nitrogen and oxygen atoms in total. The van der Waals surface area contributed by atoms with Crippen LogP contribution in [0.15, 0.2) is 60.7 Å². The SMILES string of the molecule is CCOC(=O)C(F)(F)C[C@]1(c2ccc(C)cc2)C(=O)C=C[C@H]1Nc1ccccc1Cl. The third-order valence-electron chi connectivity index (χ3n) is 5.24. The van der Waals surface area contributed by atoms with Gasteiger partial charge in [-0.05, 0) is 37.6 Å². The molecule has 0 aliphatic heterocycles. The Kier molecular flexibility index (Phi) is 6.27. The molecule has 2 aromatic carbocycles. The van der Waals surface area contributed by atoms with Crippen molar-refractivity contribution in [3.63, 3.8) is 0 Å². The predicted octanol–water partition coefficient (Wildman–Crippen LogP) is 5.09. The van der Waals surface area contributed by atoms with Crippen LogP contribution in [-0.2, 0) is 19.7 Å². The molecule has 0 saturated heterocycles. The van der Waals surface area contributed by atoms with Gasteiger partial charge in [0.25, 0.3) is 0 Å². The number of para-hydroxylation sites is 1. The lowest BCUT2D eigenvalue weighted by atomic mass is 9.70. The lowest BCUT2D eigenvalue weighted by molar-refractivity contribution is -0.174. The zero-order valence-corrected chi connectivity index (χ0v) is 17.4. The highest BCUT2D eigenvalue weighted by Crippen LogP contribution is 2.45. The summed E-state index contributed by atoms with van der Waals surface area (Å²) in [6.45, 7) is 3.13. The summed E-state index contributed by atoms with van der Waals surface area (Å²) in [5, 5.41) is 3.50. The Bertz CT molecular complexity index is 975. The minimum atomic E-state index is -3.86. The minimum Gasteiger partial charge on any atom is -0.462 e. The maximum absolute atomic E-state index is 14.9. The van der Waals surface area contributed by atoms with Gasteiger partial charge in [-0.1, -0.05) is 59.6 Å². The van der Waals surface area contributed by atoms with Crippen molar-refractivity contribution >= 4 is 29.0 Å². The van der Waals surface area contributed by atoms with E-state index in [2.05, 4.69) is 10.1 Å². The van der Waals surface area contributed by atoms with Gasteiger partial charge in [0.05, 0.1) is 28.8 Å². The molecule has 7 heteroatoms. The predicted molar refractivity (Wildman–Crippen MR) is 112 cm³/mol. The number of anilines is 1. The fraction of sp³-hybridized carbons (Fsp3) is 0.304. The standard InChI is InChI=1S/C23H22ClF2NO3/c1-3-30-21(29)23(25,26)14-22(16-10-8-15(2)9-11-16)19(12-13-20(22)28)27-18-7-5-4-6-17(18)24/h4-13,19,27H,3,14H2,1-2H3/t19-,22-/m1/s1. The summed E-state index contributed by atoms with van der Waals surface area (Å²) in [6, 6.07) is 12.8.